The number of hydrogen-bond acceptors (Lipinski definition) is 3. The quantitative estimate of drug-likeness (QED) is 0.147. The smallest absolute Gasteiger partial charge is 0.359 e. The van der Waals surface area contributed by atoms with E-state index in [0.29, 0.717) is 11.3 Å². The Balaban J connectivity index is -0.000000192. The van der Waals surface area contributed by atoms with Crippen LogP contribution in [0.25, 0.3) is 0 Å². The molecule has 0 bridgehead atoms. The Morgan fingerprint density at radius 3 is 1.62 bits per heavy atom. The van der Waals surface area contributed by atoms with E-state index in [1.807, 2.05) is 19.2 Å². The number of alkyl halides is 4. The molecule has 2 N–H and O–H groups in total. The van der Waals surface area contributed by atoms with Crippen LogP contribution in [0.3, 0.4) is 0 Å². The first-order chi connectivity index (χ1) is 16.0. The van der Waals surface area contributed by atoms with Crippen molar-refractivity contribution in [3.05, 3.63) is 38.0 Å². The van der Waals surface area contributed by atoms with Gasteiger partial charge in [-0.05, 0) is 71.4 Å². The molecule has 0 heterocycles. The number of hydrogen-bond donors (Lipinski definition) is 2. The van der Waals surface area contributed by atoms with Crippen LogP contribution in [0.1, 0.15) is 64.7 Å². The summed E-state index contributed by atoms with van der Waals surface area (Å²) in [6.07, 6.45) is 10.3. The summed E-state index contributed by atoms with van der Waals surface area (Å²) < 4.78 is 35.6. The third kappa shape index (κ3) is 40.7. The second kappa shape index (κ2) is 31.4. The molecule has 0 aromatic carbocycles. The van der Waals surface area contributed by atoms with Gasteiger partial charge in [-0.1, -0.05) is 34.2 Å². The number of allylic oxidation sites excluding steroid dienone is 3. The molecule has 0 radical (unpaired) electrons. The lowest BCUT2D eigenvalue weighted by Gasteiger charge is -2.18. The number of nitrogens with one attached hydrogen (secondary N) is 2. The Kier molecular flexibility index (Phi) is 36.6. The van der Waals surface area contributed by atoms with Gasteiger partial charge in [0, 0.05) is 32.9 Å². The molecule has 202 valence electrons. The molecule has 0 aliphatic carbocycles. The van der Waals surface area contributed by atoms with E-state index in [1.165, 1.54) is 32.6 Å². The lowest BCUT2D eigenvalue weighted by Crippen LogP contribution is -2.38. The van der Waals surface area contributed by atoms with Gasteiger partial charge in [-0.15, -0.1) is 19.7 Å². The molecule has 0 saturated heterocycles. The first-order valence-electron chi connectivity index (χ1n) is 11.5. The maximum Gasteiger partial charge on any atom is 0.471 e. The van der Waals surface area contributed by atoms with Crippen molar-refractivity contribution in [2.24, 2.45) is 0 Å². The summed E-state index contributed by atoms with van der Waals surface area (Å²) in [5, 5.41) is 6.61. The molecular weight excluding hydrogens is 511 g/mol. The first-order valence-corrected chi connectivity index (χ1v) is 12.7. The van der Waals surface area contributed by atoms with Crippen LogP contribution in [0.4, 0.5) is 13.2 Å². The lowest BCUT2D eigenvalue weighted by molar-refractivity contribution is -0.184. The van der Waals surface area contributed by atoms with Gasteiger partial charge in [0.05, 0.1) is 0 Å². The number of amides is 2. The Hall–Kier alpha value is -1.61. The second-order valence-corrected chi connectivity index (χ2v) is 7.97. The topological polar surface area (TPSA) is 61.4 Å². The van der Waals surface area contributed by atoms with Crippen LogP contribution in [-0.4, -0.2) is 62.5 Å². The summed E-state index contributed by atoms with van der Waals surface area (Å²) in [7, 11) is 4.74. The molecule has 0 spiro atoms. The molecule has 9 heteroatoms. The first kappa shape index (κ1) is 39.6. The van der Waals surface area contributed by atoms with Gasteiger partial charge in [-0.25, -0.2) is 0 Å². The van der Waals surface area contributed by atoms with Crippen LogP contribution in [-0.2, 0) is 9.59 Å². The molecule has 0 rings (SSSR count). The fraction of sp³-hybridized carbons (Fsp3) is 0.680. The largest absolute Gasteiger partial charge is 0.471 e. The Bertz CT molecular complexity index is 502. The summed E-state index contributed by atoms with van der Waals surface area (Å²) >= 11 is 3.35. The highest BCUT2D eigenvalue weighted by molar-refractivity contribution is 9.09. The zero-order chi connectivity index (χ0) is 27.3. The average Bonchev–Trinajstić information content (AvgIpc) is 2.80. The summed E-state index contributed by atoms with van der Waals surface area (Å²) in [5.74, 6) is -1.78. The number of halogens is 4. The van der Waals surface area contributed by atoms with Crippen LogP contribution < -0.4 is 10.6 Å². The highest BCUT2D eigenvalue weighted by Gasteiger charge is 2.40. The molecule has 0 aliphatic heterocycles. The Labute approximate surface area is 214 Å². The van der Waals surface area contributed by atoms with Crippen molar-refractivity contribution in [1.29, 1.82) is 0 Å². The highest BCUT2D eigenvalue weighted by atomic mass is 79.9. The molecule has 0 saturated carbocycles. The van der Waals surface area contributed by atoms with Gasteiger partial charge in [0.2, 0.25) is 5.91 Å². The van der Waals surface area contributed by atoms with Crippen molar-refractivity contribution in [2.75, 3.05) is 39.6 Å². The summed E-state index contributed by atoms with van der Waals surface area (Å²) in [5.41, 5.74) is 0. The van der Waals surface area contributed by atoms with E-state index >= 15 is 0 Å². The van der Waals surface area contributed by atoms with Crippen molar-refractivity contribution in [1.82, 2.24) is 15.5 Å². The normalized spacial score (nSPS) is 9.53. The van der Waals surface area contributed by atoms with Crippen molar-refractivity contribution >= 4 is 27.7 Å². The van der Waals surface area contributed by atoms with Crippen molar-refractivity contribution in [3.8, 4) is 0 Å². The number of unbranched alkanes of at least 4 members (excludes halogenated alkanes) is 6. The zero-order valence-electron chi connectivity index (χ0n) is 21.6. The number of carbonyl (C=O) groups is 2. The predicted molar refractivity (Wildman–Crippen MR) is 143 cm³/mol. The van der Waals surface area contributed by atoms with Crippen LogP contribution in [0, 0.1) is 0 Å². The van der Waals surface area contributed by atoms with E-state index in [0.717, 1.165) is 44.6 Å². The third-order valence-electron chi connectivity index (χ3n) is 3.97. The lowest BCUT2D eigenvalue weighted by atomic mass is 10.2. The molecule has 0 aliphatic rings. The Morgan fingerprint density at radius 1 is 0.882 bits per heavy atom. The maximum absolute atomic E-state index is 11.9. The van der Waals surface area contributed by atoms with Gasteiger partial charge in [0.1, 0.15) is 0 Å². The maximum atomic E-state index is 11.9. The minimum absolute atomic E-state index is 0.00463. The van der Waals surface area contributed by atoms with Crippen molar-refractivity contribution in [3.63, 3.8) is 0 Å². The fourth-order valence-corrected chi connectivity index (χ4v) is 2.33. The summed E-state index contributed by atoms with van der Waals surface area (Å²) in [4.78, 5) is 21.0. The standard InChI is InChI=1S/C9H14F3NO.C7H15N.C6H11Br.C3H7NO/c1-3-4-5-6-7-13(2)8(14)9(10,11)12;1-3-4-5-6-7-8-2;1-2-3-4-5-6-7;1-3(5)4-2/h3H,1,4-7H2,2H3;3,8H,1,4-7H2,2H3;2H,1,3-6H2;1-2H3,(H,4,5). The van der Waals surface area contributed by atoms with E-state index < -0.39 is 12.1 Å². The average molecular weight is 559 g/mol. The van der Waals surface area contributed by atoms with E-state index in [-0.39, 0.29) is 12.5 Å². The Morgan fingerprint density at radius 2 is 1.29 bits per heavy atom. The van der Waals surface area contributed by atoms with E-state index in [1.54, 1.807) is 13.1 Å². The summed E-state index contributed by atoms with van der Waals surface area (Å²) in [6.45, 7) is 13.5. The van der Waals surface area contributed by atoms with Gasteiger partial charge in [0.25, 0.3) is 0 Å². The van der Waals surface area contributed by atoms with Gasteiger partial charge in [0.15, 0.2) is 0 Å². The third-order valence-corrected chi connectivity index (χ3v) is 4.53. The monoisotopic (exact) mass is 557 g/mol. The molecule has 0 aromatic heterocycles. The SMILES string of the molecule is C=CCCCCBr.C=CCCCCN(C)C(=O)C(F)(F)F.C=CCCCCNC.CNC(C)=O. The van der Waals surface area contributed by atoms with Gasteiger partial charge >= 0.3 is 12.1 Å². The second-order valence-electron chi connectivity index (χ2n) is 7.18. The molecule has 0 unspecified atom stereocenters. The fourth-order valence-electron chi connectivity index (χ4n) is 1.93. The molecule has 0 fully saturated rings. The van der Waals surface area contributed by atoms with E-state index in [2.05, 4.69) is 46.3 Å². The molecule has 2 amide bonds. The minimum atomic E-state index is -4.76. The zero-order valence-corrected chi connectivity index (χ0v) is 23.2. The molecule has 5 nitrogen and oxygen atoms in total. The molecular formula is C25H47BrF3N3O2. The predicted octanol–water partition coefficient (Wildman–Crippen LogP) is 6.42. The number of nitrogens with zero attached hydrogens (tertiary/aromatic N) is 1. The van der Waals surface area contributed by atoms with Crippen LogP contribution in [0.15, 0.2) is 38.0 Å². The van der Waals surface area contributed by atoms with Gasteiger partial charge in [-0.2, -0.15) is 13.2 Å². The number of carbonyl (C=O) groups excluding carboxylic acids is 2. The van der Waals surface area contributed by atoms with Gasteiger partial charge < -0.3 is 15.5 Å². The molecule has 0 aromatic rings. The highest BCUT2D eigenvalue weighted by Crippen LogP contribution is 2.17. The van der Waals surface area contributed by atoms with E-state index in [4.69, 9.17) is 0 Å². The van der Waals surface area contributed by atoms with Crippen LogP contribution in [0.5, 0.6) is 0 Å². The van der Waals surface area contributed by atoms with Crippen LogP contribution in [0.2, 0.25) is 0 Å². The molecule has 0 atom stereocenters. The van der Waals surface area contributed by atoms with Crippen LogP contribution >= 0.6 is 15.9 Å². The van der Waals surface area contributed by atoms with Crippen molar-refractivity contribution < 1.29 is 22.8 Å². The van der Waals surface area contributed by atoms with Gasteiger partial charge in [-0.3, -0.25) is 9.59 Å². The number of rotatable bonds is 14. The summed E-state index contributed by atoms with van der Waals surface area (Å²) in [6, 6.07) is 0. The molecule has 34 heavy (non-hydrogen) atoms. The minimum Gasteiger partial charge on any atom is -0.359 e. The van der Waals surface area contributed by atoms with E-state index in [9.17, 15) is 22.8 Å². The van der Waals surface area contributed by atoms with Crippen molar-refractivity contribution in [2.45, 2.75) is 70.9 Å².